The van der Waals surface area contributed by atoms with Crippen molar-refractivity contribution in [2.45, 2.75) is 6.61 Å². The van der Waals surface area contributed by atoms with Crippen LogP contribution in [0, 0.1) is 10.1 Å². The van der Waals surface area contributed by atoms with Gasteiger partial charge in [-0.2, -0.15) is 0 Å². The van der Waals surface area contributed by atoms with Gasteiger partial charge in [-0.3, -0.25) is 0 Å². The average Bonchev–Trinajstić information content (AvgIpc) is 2.04. The zero-order valence-corrected chi connectivity index (χ0v) is 7.48. The average molecular weight is 233 g/mol. The van der Waals surface area contributed by atoms with Crippen molar-refractivity contribution >= 4 is 21.7 Å². The molecule has 1 aromatic heterocycles. The minimum absolute atomic E-state index is 0.189. The third-order valence-electron chi connectivity index (χ3n) is 1.27. The van der Waals surface area contributed by atoms with Crippen LogP contribution in [-0.4, -0.2) is 15.0 Å². The van der Waals surface area contributed by atoms with E-state index in [0.29, 0.717) is 10.2 Å². The van der Waals surface area contributed by atoms with Crippen molar-refractivity contribution in [3.63, 3.8) is 0 Å². The summed E-state index contributed by atoms with van der Waals surface area (Å²) < 4.78 is 0.305. The van der Waals surface area contributed by atoms with E-state index in [1.165, 1.54) is 12.1 Å². The van der Waals surface area contributed by atoms with Crippen molar-refractivity contribution in [3.8, 4) is 0 Å². The number of aromatic nitrogens is 1. The van der Waals surface area contributed by atoms with Crippen molar-refractivity contribution in [2.75, 3.05) is 0 Å². The highest BCUT2D eigenvalue weighted by molar-refractivity contribution is 9.10. The fraction of sp³-hybridized carbons (Fsp3) is 0.167. The van der Waals surface area contributed by atoms with Crippen LogP contribution in [0.15, 0.2) is 16.7 Å². The first kappa shape index (κ1) is 9.08. The molecule has 0 spiro atoms. The summed E-state index contributed by atoms with van der Waals surface area (Å²) >= 11 is 3.00. The van der Waals surface area contributed by atoms with E-state index in [0.717, 1.165) is 0 Å². The van der Waals surface area contributed by atoms with E-state index < -0.39 is 4.92 Å². The van der Waals surface area contributed by atoms with Crippen molar-refractivity contribution in [1.82, 2.24) is 4.98 Å². The summed E-state index contributed by atoms with van der Waals surface area (Å²) in [6.45, 7) is -0.189. The van der Waals surface area contributed by atoms with E-state index in [1.54, 1.807) is 0 Å². The highest BCUT2D eigenvalue weighted by atomic mass is 79.9. The fourth-order valence-corrected chi connectivity index (χ4v) is 1.11. The van der Waals surface area contributed by atoms with Crippen LogP contribution in [0.2, 0.25) is 0 Å². The number of pyridine rings is 1. The molecule has 12 heavy (non-hydrogen) atoms. The zero-order chi connectivity index (χ0) is 9.14. The number of halogens is 1. The van der Waals surface area contributed by atoms with E-state index in [1.807, 2.05) is 0 Å². The molecule has 0 aliphatic heterocycles. The molecule has 1 N–H and O–H groups in total. The standard InChI is InChI=1S/C6H5BrN2O3/c7-6-4(3-10)1-2-5(8-6)9(11)12/h1-2,10H,3H2. The van der Waals surface area contributed by atoms with Crippen LogP contribution in [0.1, 0.15) is 5.56 Å². The Hall–Kier alpha value is -1.01. The molecule has 0 saturated carbocycles. The summed E-state index contributed by atoms with van der Waals surface area (Å²) in [4.78, 5) is 13.2. The Labute approximate surface area is 76.3 Å². The van der Waals surface area contributed by atoms with Crippen LogP contribution in [0.25, 0.3) is 0 Å². The Bertz CT molecular complexity index is 316. The molecule has 0 aliphatic carbocycles. The first-order chi connectivity index (χ1) is 5.65. The van der Waals surface area contributed by atoms with Crippen molar-refractivity contribution in [2.24, 2.45) is 0 Å². The highest BCUT2D eigenvalue weighted by Gasteiger charge is 2.11. The van der Waals surface area contributed by atoms with Gasteiger partial charge in [-0.1, -0.05) is 0 Å². The van der Waals surface area contributed by atoms with Gasteiger partial charge in [-0.05, 0) is 16.0 Å². The predicted molar refractivity (Wildman–Crippen MR) is 44.5 cm³/mol. The molecule has 5 nitrogen and oxygen atoms in total. The summed E-state index contributed by atoms with van der Waals surface area (Å²) in [7, 11) is 0. The third kappa shape index (κ3) is 1.77. The van der Waals surface area contributed by atoms with E-state index >= 15 is 0 Å². The third-order valence-corrected chi connectivity index (χ3v) is 1.96. The lowest BCUT2D eigenvalue weighted by Crippen LogP contribution is -1.95. The van der Waals surface area contributed by atoms with Crippen LogP contribution in [0.4, 0.5) is 5.82 Å². The monoisotopic (exact) mass is 232 g/mol. The van der Waals surface area contributed by atoms with Crippen molar-refractivity contribution < 1.29 is 10.0 Å². The Kier molecular flexibility index (Phi) is 2.72. The number of hydrogen-bond acceptors (Lipinski definition) is 4. The van der Waals surface area contributed by atoms with Crippen LogP contribution < -0.4 is 0 Å². The van der Waals surface area contributed by atoms with E-state index in [-0.39, 0.29) is 12.4 Å². The summed E-state index contributed by atoms with van der Waals surface area (Å²) in [5, 5.41) is 18.9. The molecule has 1 heterocycles. The normalized spacial score (nSPS) is 9.83. The quantitative estimate of drug-likeness (QED) is 0.473. The molecule has 6 heteroatoms. The molecule has 0 bridgehead atoms. The van der Waals surface area contributed by atoms with Gasteiger partial charge in [-0.15, -0.1) is 0 Å². The number of rotatable bonds is 2. The molecule has 0 fully saturated rings. The molecule has 0 amide bonds. The maximum absolute atomic E-state index is 10.2. The lowest BCUT2D eigenvalue weighted by molar-refractivity contribution is -0.389. The maximum Gasteiger partial charge on any atom is 0.364 e. The van der Waals surface area contributed by atoms with Crippen molar-refractivity contribution in [1.29, 1.82) is 0 Å². The molecule has 0 aromatic carbocycles. The Morgan fingerprint density at radius 2 is 2.33 bits per heavy atom. The van der Waals surface area contributed by atoms with Gasteiger partial charge < -0.3 is 15.2 Å². The van der Waals surface area contributed by atoms with Gasteiger partial charge in [0.25, 0.3) is 0 Å². The lowest BCUT2D eigenvalue weighted by atomic mass is 10.3. The molecule has 64 valence electrons. The molecule has 0 unspecified atom stereocenters. The summed E-state index contributed by atoms with van der Waals surface area (Å²) in [5.41, 5.74) is 0.528. The predicted octanol–water partition coefficient (Wildman–Crippen LogP) is 1.24. The van der Waals surface area contributed by atoms with Gasteiger partial charge in [0.1, 0.15) is 0 Å². The molecule has 0 atom stereocenters. The number of aliphatic hydroxyl groups excluding tert-OH is 1. The minimum Gasteiger partial charge on any atom is -0.391 e. The molecular formula is C6H5BrN2O3. The second-order valence-corrected chi connectivity index (χ2v) is 2.79. The number of hydrogen-bond donors (Lipinski definition) is 1. The van der Waals surface area contributed by atoms with Gasteiger partial charge in [0.2, 0.25) is 4.60 Å². The topological polar surface area (TPSA) is 76.3 Å². The smallest absolute Gasteiger partial charge is 0.364 e. The number of aliphatic hydroxyl groups is 1. The molecule has 0 saturated heterocycles. The van der Waals surface area contributed by atoms with E-state index in [4.69, 9.17) is 5.11 Å². The van der Waals surface area contributed by atoms with Crippen LogP contribution in [-0.2, 0) is 6.61 Å². The lowest BCUT2D eigenvalue weighted by Gasteiger charge is -1.95. The molecule has 1 aromatic rings. The first-order valence-corrected chi connectivity index (χ1v) is 3.85. The largest absolute Gasteiger partial charge is 0.391 e. The second kappa shape index (κ2) is 3.59. The van der Waals surface area contributed by atoms with E-state index in [9.17, 15) is 10.1 Å². The molecule has 0 radical (unpaired) electrons. The number of nitrogens with zero attached hydrogens (tertiary/aromatic N) is 2. The van der Waals surface area contributed by atoms with Crippen molar-refractivity contribution in [3.05, 3.63) is 32.4 Å². The van der Waals surface area contributed by atoms with E-state index in [2.05, 4.69) is 20.9 Å². The maximum atomic E-state index is 10.2. The van der Waals surface area contributed by atoms with Gasteiger partial charge in [0.05, 0.1) is 6.61 Å². The molecule has 1 rings (SSSR count). The van der Waals surface area contributed by atoms with Gasteiger partial charge in [-0.25, -0.2) is 0 Å². The molecule has 0 aliphatic rings. The SMILES string of the molecule is O=[N+]([O-])c1ccc(CO)c(Br)n1. The number of nitro groups is 1. The Morgan fingerprint density at radius 1 is 1.67 bits per heavy atom. The highest BCUT2D eigenvalue weighted by Crippen LogP contribution is 2.17. The zero-order valence-electron chi connectivity index (χ0n) is 5.90. The van der Waals surface area contributed by atoms with Crippen LogP contribution in [0.5, 0.6) is 0 Å². The Morgan fingerprint density at radius 3 is 2.75 bits per heavy atom. The molecular weight excluding hydrogens is 228 g/mol. The fourth-order valence-electron chi connectivity index (χ4n) is 0.673. The van der Waals surface area contributed by atoms with Crippen LogP contribution in [0.3, 0.4) is 0 Å². The summed E-state index contributed by atoms with van der Waals surface area (Å²) in [6, 6.07) is 2.70. The summed E-state index contributed by atoms with van der Waals surface area (Å²) in [5.74, 6) is -0.237. The first-order valence-electron chi connectivity index (χ1n) is 3.06. The van der Waals surface area contributed by atoms with Gasteiger partial charge in [0, 0.05) is 27.6 Å². The summed E-state index contributed by atoms with van der Waals surface area (Å²) in [6.07, 6.45) is 0. The second-order valence-electron chi connectivity index (χ2n) is 2.03. The van der Waals surface area contributed by atoms with Gasteiger partial charge in [0.15, 0.2) is 0 Å². The van der Waals surface area contributed by atoms with Crippen LogP contribution >= 0.6 is 15.9 Å². The minimum atomic E-state index is -0.591. The van der Waals surface area contributed by atoms with Gasteiger partial charge >= 0.3 is 5.82 Å². The Balaban J connectivity index is 3.10.